The van der Waals surface area contributed by atoms with Crippen LogP contribution in [-0.4, -0.2) is 37.3 Å². The second kappa shape index (κ2) is 8.68. The van der Waals surface area contributed by atoms with Crippen molar-refractivity contribution in [3.05, 3.63) is 23.8 Å². The molecule has 0 fully saturated rings. The molecule has 0 spiro atoms. The van der Waals surface area contributed by atoms with E-state index in [0.29, 0.717) is 18.0 Å². The first-order valence-corrected chi connectivity index (χ1v) is 8.09. The van der Waals surface area contributed by atoms with Gasteiger partial charge in [-0.3, -0.25) is 4.79 Å². The second-order valence-electron chi connectivity index (χ2n) is 5.94. The number of benzene rings is 1. The van der Waals surface area contributed by atoms with Gasteiger partial charge in [0.25, 0.3) is 5.91 Å². The lowest BCUT2D eigenvalue weighted by Crippen LogP contribution is -2.39. The van der Waals surface area contributed by atoms with Crippen LogP contribution < -0.4 is 10.1 Å². The minimum atomic E-state index is -0.966. The van der Waals surface area contributed by atoms with Crippen LogP contribution in [-0.2, 0) is 14.3 Å². The summed E-state index contributed by atoms with van der Waals surface area (Å²) in [6.07, 6.45) is 0.771. The minimum absolute atomic E-state index is 0.0364. The number of hydrogen-bond donors (Lipinski definition) is 1. The summed E-state index contributed by atoms with van der Waals surface area (Å²) >= 11 is 0. The molecule has 1 atom stereocenters. The molecule has 0 unspecified atom stereocenters. The molecule has 134 valence electrons. The SMILES string of the molecule is CCOC(C)(C)C(=O)Nc1ccc(O[C@H](C)CC)c(C(=O)OC)c1. The zero-order valence-electron chi connectivity index (χ0n) is 15.3. The fraction of sp³-hybridized carbons (Fsp3) is 0.556. The molecule has 0 bridgehead atoms. The topological polar surface area (TPSA) is 73.9 Å². The summed E-state index contributed by atoms with van der Waals surface area (Å²) < 4.78 is 16.0. The maximum absolute atomic E-state index is 12.3. The average molecular weight is 337 g/mol. The summed E-state index contributed by atoms with van der Waals surface area (Å²) in [6, 6.07) is 4.88. The predicted molar refractivity (Wildman–Crippen MR) is 92.5 cm³/mol. The van der Waals surface area contributed by atoms with Crippen molar-refractivity contribution in [3.63, 3.8) is 0 Å². The van der Waals surface area contributed by atoms with Crippen LogP contribution in [0.3, 0.4) is 0 Å². The van der Waals surface area contributed by atoms with Gasteiger partial charge in [-0.05, 0) is 52.3 Å². The van der Waals surface area contributed by atoms with Crippen LogP contribution in [0.2, 0.25) is 0 Å². The molecule has 1 N–H and O–H groups in total. The van der Waals surface area contributed by atoms with E-state index in [1.807, 2.05) is 20.8 Å². The third-order valence-corrected chi connectivity index (χ3v) is 3.60. The highest BCUT2D eigenvalue weighted by atomic mass is 16.5. The van der Waals surface area contributed by atoms with E-state index in [1.165, 1.54) is 7.11 Å². The molecule has 0 saturated heterocycles. The fourth-order valence-electron chi connectivity index (χ4n) is 1.99. The van der Waals surface area contributed by atoms with E-state index in [4.69, 9.17) is 14.2 Å². The zero-order chi connectivity index (χ0) is 18.3. The van der Waals surface area contributed by atoms with Crippen LogP contribution in [0, 0.1) is 0 Å². The third-order valence-electron chi connectivity index (χ3n) is 3.60. The van der Waals surface area contributed by atoms with Gasteiger partial charge in [-0.25, -0.2) is 4.79 Å². The van der Waals surface area contributed by atoms with Gasteiger partial charge in [0.2, 0.25) is 0 Å². The highest BCUT2D eigenvalue weighted by Gasteiger charge is 2.28. The van der Waals surface area contributed by atoms with E-state index >= 15 is 0 Å². The lowest BCUT2D eigenvalue weighted by molar-refractivity contribution is -0.136. The van der Waals surface area contributed by atoms with Crippen LogP contribution in [0.15, 0.2) is 18.2 Å². The van der Waals surface area contributed by atoms with Gasteiger partial charge < -0.3 is 19.5 Å². The van der Waals surface area contributed by atoms with Gasteiger partial charge in [0.1, 0.15) is 16.9 Å². The standard InChI is InChI=1S/C18H27NO5/c1-7-12(3)24-15-10-9-13(11-14(15)16(20)22-6)19-17(21)18(4,5)23-8-2/h9-12H,7-8H2,1-6H3,(H,19,21)/t12-/m1/s1. The van der Waals surface area contributed by atoms with Crippen molar-refractivity contribution >= 4 is 17.6 Å². The minimum Gasteiger partial charge on any atom is -0.490 e. The predicted octanol–water partition coefficient (Wildman–Crippen LogP) is 3.40. The Hall–Kier alpha value is -2.08. The quantitative estimate of drug-likeness (QED) is 0.736. The van der Waals surface area contributed by atoms with Crippen LogP contribution in [0.1, 0.15) is 51.4 Å². The smallest absolute Gasteiger partial charge is 0.341 e. The summed E-state index contributed by atoms with van der Waals surface area (Å²) in [5, 5.41) is 2.75. The first-order chi connectivity index (χ1) is 11.2. The highest BCUT2D eigenvalue weighted by molar-refractivity contribution is 5.99. The number of ether oxygens (including phenoxy) is 3. The van der Waals surface area contributed by atoms with Crippen molar-refractivity contribution in [2.75, 3.05) is 19.0 Å². The van der Waals surface area contributed by atoms with Gasteiger partial charge in [-0.2, -0.15) is 0 Å². The Morgan fingerprint density at radius 2 is 1.92 bits per heavy atom. The van der Waals surface area contributed by atoms with Gasteiger partial charge in [0.05, 0.1) is 13.2 Å². The molecule has 1 amide bonds. The van der Waals surface area contributed by atoms with Gasteiger partial charge in [-0.1, -0.05) is 6.92 Å². The molecule has 1 rings (SSSR count). The molecule has 0 heterocycles. The number of carbonyl (C=O) groups excluding carboxylic acids is 2. The zero-order valence-corrected chi connectivity index (χ0v) is 15.3. The summed E-state index contributed by atoms with van der Waals surface area (Å²) in [5.41, 5.74) is -0.221. The van der Waals surface area contributed by atoms with Crippen molar-refractivity contribution in [2.24, 2.45) is 0 Å². The number of amides is 1. The fourth-order valence-corrected chi connectivity index (χ4v) is 1.99. The van der Waals surface area contributed by atoms with Crippen molar-refractivity contribution < 1.29 is 23.8 Å². The van der Waals surface area contributed by atoms with Crippen LogP contribution in [0.4, 0.5) is 5.69 Å². The Labute approximate surface area is 143 Å². The Balaban J connectivity index is 3.06. The number of nitrogens with one attached hydrogen (secondary N) is 1. The molecule has 1 aromatic rings. The van der Waals surface area contributed by atoms with E-state index in [1.54, 1.807) is 32.0 Å². The molecule has 0 aliphatic carbocycles. The molecule has 1 aromatic carbocycles. The largest absolute Gasteiger partial charge is 0.490 e. The van der Waals surface area contributed by atoms with E-state index in [-0.39, 0.29) is 17.6 Å². The first kappa shape index (κ1) is 20.0. The monoisotopic (exact) mass is 337 g/mol. The van der Waals surface area contributed by atoms with Crippen LogP contribution >= 0.6 is 0 Å². The molecule has 6 heteroatoms. The van der Waals surface area contributed by atoms with E-state index in [9.17, 15) is 9.59 Å². The molecular formula is C18H27NO5. The lowest BCUT2D eigenvalue weighted by atomic mass is 10.1. The molecule has 24 heavy (non-hydrogen) atoms. The first-order valence-electron chi connectivity index (χ1n) is 8.09. The molecule has 0 radical (unpaired) electrons. The summed E-state index contributed by atoms with van der Waals surface area (Å²) in [4.78, 5) is 24.3. The Kier molecular flexibility index (Phi) is 7.22. The molecular weight excluding hydrogens is 310 g/mol. The van der Waals surface area contributed by atoms with Crippen molar-refractivity contribution in [1.82, 2.24) is 0 Å². The molecule has 0 aliphatic rings. The molecule has 0 aliphatic heterocycles. The van der Waals surface area contributed by atoms with Crippen molar-refractivity contribution in [3.8, 4) is 5.75 Å². The average Bonchev–Trinajstić information content (AvgIpc) is 2.55. The van der Waals surface area contributed by atoms with Crippen LogP contribution in [0.5, 0.6) is 5.75 Å². The number of hydrogen-bond acceptors (Lipinski definition) is 5. The Morgan fingerprint density at radius 1 is 1.25 bits per heavy atom. The molecule has 6 nitrogen and oxygen atoms in total. The normalized spacial score (nSPS) is 12.4. The van der Waals surface area contributed by atoms with E-state index in [0.717, 1.165) is 6.42 Å². The number of rotatable bonds is 8. The molecule has 0 saturated carbocycles. The van der Waals surface area contributed by atoms with Crippen LogP contribution in [0.25, 0.3) is 0 Å². The number of carbonyl (C=O) groups is 2. The Bertz CT molecular complexity index is 583. The van der Waals surface area contributed by atoms with Gasteiger partial charge in [0.15, 0.2) is 0 Å². The lowest BCUT2D eigenvalue weighted by Gasteiger charge is -2.23. The summed E-state index contributed by atoms with van der Waals surface area (Å²) in [6.45, 7) is 9.54. The van der Waals surface area contributed by atoms with E-state index < -0.39 is 11.6 Å². The Morgan fingerprint density at radius 3 is 2.46 bits per heavy atom. The van der Waals surface area contributed by atoms with Crippen molar-refractivity contribution in [2.45, 2.75) is 52.7 Å². The van der Waals surface area contributed by atoms with Crippen molar-refractivity contribution in [1.29, 1.82) is 0 Å². The van der Waals surface area contributed by atoms with E-state index in [2.05, 4.69) is 5.32 Å². The number of esters is 1. The summed E-state index contributed by atoms with van der Waals surface area (Å²) in [5.74, 6) is -0.387. The number of anilines is 1. The van der Waals surface area contributed by atoms with Gasteiger partial charge in [-0.15, -0.1) is 0 Å². The second-order valence-corrected chi connectivity index (χ2v) is 5.94. The maximum atomic E-state index is 12.3. The highest BCUT2D eigenvalue weighted by Crippen LogP contribution is 2.26. The number of methoxy groups -OCH3 is 1. The molecule has 0 aromatic heterocycles. The van der Waals surface area contributed by atoms with Gasteiger partial charge >= 0.3 is 5.97 Å². The third kappa shape index (κ3) is 5.23. The van der Waals surface area contributed by atoms with Gasteiger partial charge in [0, 0.05) is 12.3 Å². The maximum Gasteiger partial charge on any atom is 0.341 e. The summed E-state index contributed by atoms with van der Waals surface area (Å²) in [7, 11) is 1.30.